The summed E-state index contributed by atoms with van der Waals surface area (Å²) in [5.74, 6) is -3.31. The molecule has 4 rings (SSSR count). The number of anilines is 1. The first kappa shape index (κ1) is 32.7. The van der Waals surface area contributed by atoms with Crippen molar-refractivity contribution < 1.29 is 52.4 Å². The maximum atomic E-state index is 14.5. The number of nitrogens with zero attached hydrogens (tertiary/aromatic N) is 2. The second kappa shape index (κ2) is 14.0. The van der Waals surface area contributed by atoms with Crippen LogP contribution in [0.1, 0.15) is 33.3 Å². The number of carbonyl (C=O) groups is 5. The fraction of sp³-hybridized carbons (Fsp3) is 0.355. The van der Waals surface area contributed by atoms with Crippen LogP contribution in [0.4, 0.5) is 11.4 Å². The van der Waals surface area contributed by atoms with E-state index in [4.69, 9.17) is 34.2 Å². The van der Waals surface area contributed by atoms with Crippen molar-refractivity contribution in [2.24, 2.45) is 10.7 Å². The zero-order chi connectivity index (χ0) is 32.8. The van der Waals surface area contributed by atoms with Crippen LogP contribution in [0.3, 0.4) is 0 Å². The molecule has 1 amide bonds. The second-order valence-corrected chi connectivity index (χ2v) is 10.1. The molecule has 0 radical (unpaired) electrons. The predicted molar refractivity (Wildman–Crippen MR) is 158 cm³/mol. The lowest BCUT2D eigenvalue weighted by atomic mass is 9.95. The minimum Gasteiger partial charge on any atom is -0.497 e. The number of benzene rings is 2. The first-order chi connectivity index (χ1) is 21.4. The van der Waals surface area contributed by atoms with Crippen molar-refractivity contribution in [3.8, 4) is 5.75 Å². The molecule has 1 fully saturated rings. The van der Waals surface area contributed by atoms with E-state index in [1.165, 1.54) is 18.1 Å². The van der Waals surface area contributed by atoms with Gasteiger partial charge in [0.25, 0.3) is 5.91 Å². The second-order valence-electron chi connectivity index (χ2n) is 10.1. The Morgan fingerprint density at radius 3 is 2.07 bits per heavy atom. The molecule has 2 aromatic carbocycles. The van der Waals surface area contributed by atoms with Gasteiger partial charge in [0.2, 0.25) is 0 Å². The monoisotopic (exact) mass is 623 g/mol. The van der Waals surface area contributed by atoms with Crippen LogP contribution >= 0.6 is 0 Å². The van der Waals surface area contributed by atoms with Crippen molar-refractivity contribution in [1.29, 1.82) is 0 Å². The van der Waals surface area contributed by atoms with Crippen molar-refractivity contribution in [2.75, 3.05) is 18.6 Å². The Morgan fingerprint density at radius 2 is 1.47 bits per heavy atom. The minimum absolute atomic E-state index is 0.0378. The Labute approximate surface area is 258 Å². The van der Waals surface area contributed by atoms with E-state index < -0.39 is 67.0 Å². The number of amides is 1. The van der Waals surface area contributed by atoms with Gasteiger partial charge in [-0.1, -0.05) is 24.3 Å². The van der Waals surface area contributed by atoms with E-state index in [0.717, 1.165) is 27.7 Å². The van der Waals surface area contributed by atoms with E-state index in [0.29, 0.717) is 11.3 Å². The van der Waals surface area contributed by atoms with E-state index in [-0.39, 0.29) is 22.8 Å². The van der Waals surface area contributed by atoms with Gasteiger partial charge in [-0.3, -0.25) is 28.9 Å². The maximum Gasteiger partial charge on any atom is 0.303 e. The van der Waals surface area contributed by atoms with Crippen molar-refractivity contribution in [3.63, 3.8) is 0 Å². The number of fused-ring (bicyclic) bond motifs is 1. The summed E-state index contributed by atoms with van der Waals surface area (Å²) in [7, 11) is 1.52. The summed E-state index contributed by atoms with van der Waals surface area (Å²) >= 11 is 0. The van der Waals surface area contributed by atoms with E-state index in [2.05, 4.69) is 4.99 Å². The summed E-state index contributed by atoms with van der Waals surface area (Å²) in [6, 6.07) is 13.3. The van der Waals surface area contributed by atoms with Crippen molar-refractivity contribution in [3.05, 3.63) is 59.7 Å². The zero-order valence-electron chi connectivity index (χ0n) is 25.3. The number of hydrogen-bond donors (Lipinski definition) is 1. The Kier molecular flexibility index (Phi) is 10.2. The largest absolute Gasteiger partial charge is 0.497 e. The molecule has 2 aliphatic rings. The van der Waals surface area contributed by atoms with E-state index >= 15 is 0 Å². The third kappa shape index (κ3) is 7.65. The predicted octanol–water partition coefficient (Wildman–Crippen LogP) is 2.20. The van der Waals surface area contributed by atoms with Crippen molar-refractivity contribution in [1.82, 2.24) is 0 Å². The summed E-state index contributed by atoms with van der Waals surface area (Å²) in [5.41, 5.74) is 7.41. The average Bonchev–Trinajstić information content (AvgIpc) is 3.07. The highest BCUT2D eigenvalue weighted by molar-refractivity contribution is 6.29. The lowest BCUT2D eigenvalue weighted by Crippen LogP contribution is -2.67. The number of hydrogen-bond acceptors (Lipinski definition) is 13. The van der Waals surface area contributed by atoms with Gasteiger partial charge in [0.1, 0.15) is 24.3 Å². The Balaban J connectivity index is 1.91. The third-order valence-corrected chi connectivity index (χ3v) is 6.75. The summed E-state index contributed by atoms with van der Waals surface area (Å²) in [6.07, 6.45) is -5.73. The molecular weight excluding hydrogens is 590 g/mol. The number of amidine groups is 1. The lowest BCUT2D eigenvalue weighted by Gasteiger charge is -2.47. The summed E-state index contributed by atoms with van der Waals surface area (Å²) in [5, 5.41) is 0. The number of aliphatic imine (C=N–C) groups is 1. The third-order valence-electron chi connectivity index (χ3n) is 6.75. The van der Waals surface area contributed by atoms with E-state index in [1.54, 1.807) is 48.5 Å². The van der Waals surface area contributed by atoms with Gasteiger partial charge in [-0.15, -0.1) is 0 Å². The van der Waals surface area contributed by atoms with Gasteiger partial charge < -0.3 is 34.2 Å². The molecule has 5 atom stereocenters. The molecule has 14 heteroatoms. The molecule has 2 N–H and O–H groups in total. The summed E-state index contributed by atoms with van der Waals surface area (Å²) in [4.78, 5) is 68.9. The van der Waals surface area contributed by atoms with Crippen molar-refractivity contribution >= 4 is 53.1 Å². The molecule has 2 aliphatic heterocycles. The van der Waals surface area contributed by atoms with Crippen LogP contribution in [0, 0.1) is 0 Å². The highest BCUT2D eigenvalue weighted by atomic mass is 16.7. The molecule has 0 aliphatic carbocycles. The van der Waals surface area contributed by atoms with Crippen LogP contribution in [0.25, 0.3) is 6.08 Å². The molecule has 2 aromatic rings. The fourth-order valence-electron chi connectivity index (χ4n) is 4.97. The van der Waals surface area contributed by atoms with Gasteiger partial charge in [0.15, 0.2) is 24.5 Å². The van der Waals surface area contributed by atoms with E-state index in [9.17, 15) is 24.0 Å². The molecule has 0 saturated carbocycles. The first-order valence-electron chi connectivity index (χ1n) is 13.8. The molecule has 14 nitrogen and oxygen atoms in total. The smallest absolute Gasteiger partial charge is 0.303 e. The molecule has 1 saturated heterocycles. The van der Waals surface area contributed by atoms with Crippen LogP contribution in [0.2, 0.25) is 0 Å². The maximum absolute atomic E-state index is 14.5. The SMILES string of the molecule is COc1ccc(C=C2C(=O)N(C3OC(COC(C)=O)C(OC(C)=O)C(OC(C)=O)C3OC(C)=O)c3ccccc3N=C2N)cc1. The summed E-state index contributed by atoms with van der Waals surface area (Å²) in [6.45, 7) is 4.04. The molecule has 0 bridgehead atoms. The normalized spacial score (nSPS) is 23.6. The number of para-hydroxylation sites is 2. The lowest BCUT2D eigenvalue weighted by molar-refractivity contribution is -0.251. The first-order valence-corrected chi connectivity index (χ1v) is 13.8. The van der Waals surface area contributed by atoms with Crippen LogP contribution in [0.5, 0.6) is 5.75 Å². The molecule has 0 aromatic heterocycles. The Bertz CT molecular complexity index is 1540. The quantitative estimate of drug-likeness (QED) is 0.257. The molecule has 2 heterocycles. The molecule has 238 valence electrons. The Morgan fingerprint density at radius 1 is 0.867 bits per heavy atom. The molecular formula is C31H33N3O11. The molecule has 5 unspecified atom stereocenters. The van der Waals surface area contributed by atoms with Gasteiger partial charge in [-0.05, 0) is 35.9 Å². The molecule has 45 heavy (non-hydrogen) atoms. The van der Waals surface area contributed by atoms with Crippen LogP contribution in [-0.4, -0.2) is 80.0 Å². The number of methoxy groups -OCH3 is 1. The van der Waals surface area contributed by atoms with Crippen LogP contribution < -0.4 is 15.4 Å². The molecule has 0 spiro atoms. The standard InChI is InChI=1S/C31H33N3O11/c1-16(35)41-15-25-26(42-17(2)36)27(43-18(3)37)28(44-19(4)38)31(45-25)34-24-9-7-6-8-23(24)33-29(32)22(30(34)39)14-20-10-12-21(40-5)13-11-20/h6-14,25-28,31H,15H2,1-5H3,(H2,32,33). The van der Waals surface area contributed by atoms with Crippen LogP contribution in [0.15, 0.2) is 59.1 Å². The summed E-state index contributed by atoms with van der Waals surface area (Å²) < 4.78 is 33.4. The Hall–Kier alpha value is -5.24. The number of nitrogens with two attached hydrogens (primary N) is 1. The van der Waals surface area contributed by atoms with Gasteiger partial charge in [0, 0.05) is 27.7 Å². The highest BCUT2D eigenvalue weighted by Crippen LogP contribution is 2.39. The zero-order valence-corrected chi connectivity index (χ0v) is 25.3. The topological polar surface area (TPSA) is 182 Å². The highest BCUT2D eigenvalue weighted by Gasteiger charge is 2.55. The average molecular weight is 624 g/mol. The van der Waals surface area contributed by atoms with Gasteiger partial charge in [-0.2, -0.15) is 0 Å². The van der Waals surface area contributed by atoms with Crippen LogP contribution in [-0.2, 0) is 47.7 Å². The van der Waals surface area contributed by atoms with E-state index in [1.807, 2.05) is 0 Å². The minimum atomic E-state index is -1.54. The number of ether oxygens (including phenoxy) is 6. The number of carbonyl (C=O) groups excluding carboxylic acids is 5. The van der Waals surface area contributed by atoms with Gasteiger partial charge in [0.05, 0.1) is 24.1 Å². The number of esters is 4. The fourth-order valence-corrected chi connectivity index (χ4v) is 4.97. The van der Waals surface area contributed by atoms with Gasteiger partial charge in [-0.25, -0.2) is 4.99 Å². The van der Waals surface area contributed by atoms with Gasteiger partial charge >= 0.3 is 23.9 Å². The number of rotatable bonds is 8. The van der Waals surface area contributed by atoms with Crippen molar-refractivity contribution in [2.45, 2.75) is 58.3 Å².